The van der Waals surface area contributed by atoms with Crippen LogP contribution in [0.4, 0.5) is 11.4 Å². The van der Waals surface area contributed by atoms with Gasteiger partial charge in [-0.1, -0.05) is 18.3 Å². The zero-order valence-corrected chi connectivity index (χ0v) is 14.8. The summed E-state index contributed by atoms with van der Waals surface area (Å²) in [5.74, 6) is 6.44. The number of nitrogens with zero attached hydrogens (tertiary/aromatic N) is 2. The van der Waals surface area contributed by atoms with E-state index in [1.54, 1.807) is 0 Å². The van der Waals surface area contributed by atoms with Crippen molar-refractivity contribution in [2.75, 3.05) is 30.8 Å². The van der Waals surface area contributed by atoms with E-state index in [0.717, 1.165) is 29.9 Å². The number of anilines is 2. The molecule has 0 aromatic heterocycles. The molecule has 25 heavy (non-hydrogen) atoms. The molecule has 2 atom stereocenters. The molecule has 2 heterocycles. The molecule has 2 unspecified atom stereocenters. The van der Waals surface area contributed by atoms with Gasteiger partial charge in [0.15, 0.2) is 0 Å². The average Bonchev–Trinajstić information content (AvgIpc) is 2.62. The third-order valence-corrected chi connectivity index (χ3v) is 5.58. The van der Waals surface area contributed by atoms with Crippen molar-refractivity contribution < 1.29 is 0 Å². The molecular formula is C22H25N3. The van der Waals surface area contributed by atoms with E-state index in [2.05, 4.69) is 53.0 Å². The van der Waals surface area contributed by atoms with Gasteiger partial charge in [0.1, 0.15) is 0 Å². The Labute approximate surface area is 150 Å². The van der Waals surface area contributed by atoms with Gasteiger partial charge in [-0.25, -0.2) is 0 Å². The first-order valence-corrected chi connectivity index (χ1v) is 9.13. The minimum atomic E-state index is 0.706. The first-order chi connectivity index (χ1) is 12.2. The molecule has 0 spiro atoms. The molecule has 128 valence electrons. The van der Waals surface area contributed by atoms with Gasteiger partial charge in [-0.05, 0) is 68.4 Å². The molecule has 2 aromatic carbocycles. The van der Waals surface area contributed by atoms with E-state index < -0.39 is 0 Å². The minimum absolute atomic E-state index is 0.706. The minimum Gasteiger partial charge on any atom is -0.399 e. The molecule has 0 amide bonds. The van der Waals surface area contributed by atoms with Crippen LogP contribution in [0.15, 0.2) is 48.5 Å². The summed E-state index contributed by atoms with van der Waals surface area (Å²) < 4.78 is 0. The van der Waals surface area contributed by atoms with Gasteiger partial charge in [0.05, 0.1) is 0 Å². The molecule has 2 aliphatic heterocycles. The highest BCUT2D eigenvalue weighted by Crippen LogP contribution is 2.30. The molecule has 0 saturated carbocycles. The van der Waals surface area contributed by atoms with Crippen LogP contribution in [0, 0.1) is 11.8 Å². The summed E-state index contributed by atoms with van der Waals surface area (Å²) in [5.41, 5.74) is 9.84. The van der Waals surface area contributed by atoms with Crippen LogP contribution >= 0.6 is 0 Å². The fourth-order valence-electron chi connectivity index (χ4n) is 4.00. The molecule has 2 aliphatic rings. The summed E-state index contributed by atoms with van der Waals surface area (Å²) in [7, 11) is 2.29. The molecule has 3 heteroatoms. The number of piperazine rings is 1. The fourth-order valence-corrected chi connectivity index (χ4v) is 4.00. The number of hydrogen-bond donors (Lipinski definition) is 1. The lowest BCUT2D eigenvalue weighted by molar-refractivity contribution is 0.0950. The molecular weight excluding hydrogens is 306 g/mol. The molecule has 3 nitrogen and oxygen atoms in total. The summed E-state index contributed by atoms with van der Waals surface area (Å²) >= 11 is 0. The third kappa shape index (κ3) is 3.50. The summed E-state index contributed by atoms with van der Waals surface area (Å²) in [4.78, 5) is 5.14. The van der Waals surface area contributed by atoms with Gasteiger partial charge >= 0.3 is 0 Å². The fraction of sp³-hybridized carbons (Fsp3) is 0.364. The first kappa shape index (κ1) is 16.1. The Hall–Kier alpha value is -2.44. The monoisotopic (exact) mass is 331 g/mol. The molecule has 0 radical (unpaired) electrons. The van der Waals surface area contributed by atoms with Crippen LogP contribution in [0.25, 0.3) is 0 Å². The lowest BCUT2D eigenvalue weighted by Crippen LogP contribution is -2.59. The Morgan fingerprint density at radius 3 is 1.92 bits per heavy atom. The molecule has 2 fully saturated rings. The maximum atomic E-state index is 5.71. The highest BCUT2D eigenvalue weighted by Gasteiger charge is 2.34. The highest BCUT2D eigenvalue weighted by atomic mass is 15.3. The predicted octanol–water partition coefficient (Wildman–Crippen LogP) is 3.34. The Morgan fingerprint density at radius 1 is 0.840 bits per heavy atom. The van der Waals surface area contributed by atoms with Crippen LogP contribution in [0.1, 0.15) is 30.4 Å². The smallest absolute Gasteiger partial charge is 0.0368 e. The summed E-state index contributed by atoms with van der Waals surface area (Å²) in [5, 5.41) is 0. The Morgan fingerprint density at radius 2 is 1.36 bits per heavy atom. The first-order valence-electron chi connectivity index (χ1n) is 9.13. The zero-order chi connectivity index (χ0) is 17.2. The maximum Gasteiger partial charge on any atom is 0.0368 e. The quantitative estimate of drug-likeness (QED) is 0.642. The predicted molar refractivity (Wildman–Crippen MR) is 105 cm³/mol. The largest absolute Gasteiger partial charge is 0.399 e. The van der Waals surface area contributed by atoms with Crippen LogP contribution in [0.5, 0.6) is 0 Å². The number of hydrogen-bond acceptors (Lipinski definition) is 3. The number of nitrogens with two attached hydrogens (primary N) is 1. The van der Waals surface area contributed by atoms with E-state index in [0.29, 0.717) is 12.1 Å². The number of likely N-dealkylation sites (N-methyl/N-ethyl adjacent to an activating group) is 1. The summed E-state index contributed by atoms with van der Waals surface area (Å²) in [6.07, 6.45) is 4.04. The van der Waals surface area contributed by atoms with Gasteiger partial charge < -0.3 is 10.6 Å². The van der Waals surface area contributed by atoms with E-state index in [1.165, 1.54) is 24.9 Å². The lowest BCUT2D eigenvalue weighted by Gasteiger charge is -2.49. The zero-order valence-electron chi connectivity index (χ0n) is 14.8. The van der Waals surface area contributed by atoms with Crippen LogP contribution in [0.3, 0.4) is 0 Å². The molecule has 2 aromatic rings. The van der Waals surface area contributed by atoms with Gasteiger partial charge in [-0.2, -0.15) is 0 Å². The third-order valence-electron chi connectivity index (χ3n) is 5.58. The van der Waals surface area contributed by atoms with Gasteiger partial charge in [0, 0.05) is 47.7 Å². The van der Waals surface area contributed by atoms with Crippen LogP contribution < -0.4 is 10.6 Å². The number of nitrogen functional groups attached to an aromatic ring is 1. The van der Waals surface area contributed by atoms with Gasteiger partial charge in [-0.3, -0.25) is 4.90 Å². The standard InChI is InChI=1S/C22H25N3/c1-24-21-3-2-4-22(24)16-25(15-21)20-13-9-18(10-14-20)6-5-17-7-11-19(23)12-8-17/h7-14,21-22H,2-4,15-16,23H2,1H3. The molecule has 2 saturated heterocycles. The highest BCUT2D eigenvalue weighted by molar-refractivity contribution is 5.53. The van der Waals surface area contributed by atoms with E-state index >= 15 is 0 Å². The second-order valence-corrected chi connectivity index (χ2v) is 7.23. The summed E-state index contributed by atoms with van der Waals surface area (Å²) in [6, 6.07) is 17.8. The lowest BCUT2D eigenvalue weighted by atomic mass is 9.91. The second-order valence-electron chi connectivity index (χ2n) is 7.23. The molecule has 2 bridgehead atoms. The SMILES string of the molecule is CN1C2CCCC1CN(c1ccc(C#Cc3ccc(N)cc3)cc1)C2. The van der Waals surface area contributed by atoms with Crippen molar-refractivity contribution in [2.24, 2.45) is 0 Å². The Bertz CT molecular complexity index is 769. The average molecular weight is 331 g/mol. The normalized spacial score (nSPS) is 23.0. The Kier molecular flexibility index (Phi) is 4.38. The van der Waals surface area contributed by atoms with Gasteiger partial charge in [0.2, 0.25) is 0 Å². The van der Waals surface area contributed by atoms with E-state index in [4.69, 9.17) is 5.73 Å². The summed E-state index contributed by atoms with van der Waals surface area (Å²) in [6.45, 7) is 2.28. The van der Waals surface area contributed by atoms with Crippen LogP contribution in [0.2, 0.25) is 0 Å². The van der Waals surface area contributed by atoms with Crippen molar-refractivity contribution in [1.82, 2.24) is 4.90 Å². The van der Waals surface area contributed by atoms with Crippen molar-refractivity contribution in [3.05, 3.63) is 59.7 Å². The second kappa shape index (κ2) is 6.82. The van der Waals surface area contributed by atoms with Crippen molar-refractivity contribution in [2.45, 2.75) is 31.3 Å². The molecule has 0 aliphatic carbocycles. The van der Waals surface area contributed by atoms with E-state index in [9.17, 15) is 0 Å². The van der Waals surface area contributed by atoms with Crippen molar-refractivity contribution >= 4 is 11.4 Å². The maximum absolute atomic E-state index is 5.71. The van der Waals surface area contributed by atoms with Gasteiger partial charge in [0.25, 0.3) is 0 Å². The number of piperidine rings is 1. The Balaban J connectivity index is 1.46. The topological polar surface area (TPSA) is 32.5 Å². The molecule has 4 rings (SSSR count). The van der Waals surface area contributed by atoms with Crippen LogP contribution in [-0.2, 0) is 0 Å². The van der Waals surface area contributed by atoms with Crippen molar-refractivity contribution in [3.63, 3.8) is 0 Å². The van der Waals surface area contributed by atoms with E-state index in [-0.39, 0.29) is 0 Å². The number of rotatable bonds is 1. The number of benzene rings is 2. The van der Waals surface area contributed by atoms with E-state index in [1.807, 2.05) is 24.3 Å². The molecule has 2 N–H and O–H groups in total. The van der Waals surface area contributed by atoms with Crippen molar-refractivity contribution in [3.8, 4) is 11.8 Å². The van der Waals surface area contributed by atoms with Gasteiger partial charge in [-0.15, -0.1) is 0 Å². The van der Waals surface area contributed by atoms with Crippen LogP contribution in [-0.4, -0.2) is 37.1 Å². The number of fused-ring (bicyclic) bond motifs is 2. The van der Waals surface area contributed by atoms with Crippen molar-refractivity contribution in [1.29, 1.82) is 0 Å².